The number of primary amides is 1. The van der Waals surface area contributed by atoms with E-state index < -0.39 is 11.9 Å². The van der Waals surface area contributed by atoms with Gasteiger partial charge in [0.05, 0.1) is 0 Å². The molecule has 14 heavy (non-hydrogen) atoms. The van der Waals surface area contributed by atoms with Crippen LogP contribution in [0.25, 0.3) is 0 Å². The maximum atomic E-state index is 10.7. The average Bonchev–Trinajstić information content (AvgIpc) is 2.46. The lowest BCUT2D eigenvalue weighted by Crippen LogP contribution is -2.32. The summed E-state index contributed by atoms with van der Waals surface area (Å²) in [6, 6.07) is 1.33. The largest absolute Gasteiger partial charge is 0.368 e. The maximum Gasteiger partial charge on any atom is 0.239 e. The molecular weight excluding hydrogens is 224 g/mol. The summed E-state index contributed by atoms with van der Waals surface area (Å²) < 4.78 is 3.77. The summed E-state index contributed by atoms with van der Waals surface area (Å²) in [4.78, 5) is 10.7. The van der Waals surface area contributed by atoms with Crippen molar-refractivity contribution in [3.63, 3.8) is 0 Å². The molecule has 1 aromatic rings. The number of nitrogens with one attached hydrogen (secondary N) is 1. The van der Waals surface area contributed by atoms with Crippen LogP contribution in [0.1, 0.15) is 12.5 Å². The number of carbonyl (C=O) groups excluding carboxylic acids is 1. The monoisotopic (exact) mass is 230 g/mol. The standard InChI is InChI=1S/C7H7ClN4OS/c1-3(6(10)13)11-7-4(2-9)5(8)12-14-7/h3,11H,1H3,(H2,10,13). The Morgan fingerprint density at radius 1 is 1.86 bits per heavy atom. The molecule has 0 fully saturated rings. The Labute approximate surface area is 89.6 Å². The SMILES string of the molecule is CC(Nc1snc(Cl)c1C#N)C(N)=O. The quantitative estimate of drug-likeness (QED) is 0.809. The fraction of sp³-hybridized carbons (Fsp3) is 0.286. The molecule has 3 N–H and O–H groups in total. The summed E-state index contributed by atoms with van der Waals surface area (Å²) in [5, 5.41) is 12.1. The summed E-state index contributed by atoms with van der Waals surface area (Å²) in [7, 11) is 0. The molecule has 0 saturated carbocycles. The lowest BCUT2D eigenvalue weighted by Gasteiger charge is -2.08. The van der Waals surface area contributed by atoms with Crippen molar-refractivity contribution in [2.24, 2.45) is 5.73 Å². The molecule has 0 aliphatic carbocycles. The van der Waals surface area contributed by atoms with E-state index in [0.29, 0.717) is 5.00 Å². The Hall–Kier alpha value is -1.32. The van der Waals surface area contributed by atoms with Crippen LogP contribution in [-0.2, 0) is 4.79 Å². The summed E-state index contributed by atoms with van der Waals surface area (Å²) in [5.74, 6) is -0.501. The molecule has 0 aliphatic rings. The highest BCUT2D eigenvalue weighted by atomic mass is 35.5. The minimum Gasteiger partial charge on any atom is -0.368 e. The average molecular weight is 231 g/mol. The maximum absolute atomic E-state index is 10.7. The van der Waals surface area contributed by atoms with Gasteiger partial charge in [0, 0.05) is 0 Å². The van der Waals surface area contributed by atoms with Gasteiger partial charge in [-0.15, -0.1) is 0 Å². The molecule has 7 heteroatoms. The summed E-state index contributed by atoms with van der Waals surface area (Å²) in [5.41, 5.74) is 5.29. The van der Waals surface area contributed by atoms with Gasteiger partial charge in [-0.3, -0.25) is 4.79 Å². The zero-order valence-corrected chi connectivity index (χ0v) is 8.82. The lowest BCUT2D eigenvalue weighted by atomic mass is 10.3. The van der Waals surface area contributed by atoms with Crippen LogP contribution in [0.15, 0.2) is 0 Å². The second-order valence-electron chi connectivity index (χ2n) is 2.56. The third-order valence-electron chi connectivity index (χ3n) is 1.54. The molecule has 0 saturated heterocycles. The van der Waals surface area contributed by atoms with E-state index in [9.17, 15) is 4.79 Å². The third kappa shape index (κ3) is 2.13. The molecule has 1 heterocycles. The van der Waals surface area contributed by atoms with Gasteiger partial charge in [0.2, 0.25) is 5.91 Å². The van der Waals surface area contributed by atoms with Crippen molar-refractivity contribution in [1.82, 2.24) is 4.37 Å². The Balaban J connectivity index is 2.88. The van der Waals surface area contributed by atoms with Crippen LogP contribution in [-0.4, -0.2) is 16.3 Å². The van der Waals surface area contributed by atoms with Crippen molar-refractivity contribution in [3.05, 3.63) is 10.7 Å². The van der Waals surface area contributed by atoms with E-state index in [1.54, 1.807) is 6.92 Å². The van der Waals surface area contributed by atoms with E-state index >= 15 is 0 Å². The Morgan fingerprint density at radius 3 is 3.00 bits per heavy atom. The van der Waals surface area contributed by atoms with Gasteiger partial charge in [-0.25, -0.2) is 0 Å². The molecule has 74 valence electrons. The zero-order chi connectivity index (χ0) is 10.7. The van der Waals surface area contributed by atoms with E-state index in [-0.39, 0.29) is 10.7 Å². The van der Waals surface area contributed by atoms with Crippen LogP contribution in [0.5, 0.6) is 0 Å². The van der Waals surface area contributed by atoms with Crippen LogP contribution in [0, 0.1) is 11.3 Å². The molecule has 1 amide bonds. The minimum absolute atomic E-state index is 0.136. The number of amides is 1. The van der Waals surface area contributed by atoms with Crippen LogP contribution < -0.4 is 11.1 Å². The first-order chi connectivity index (χ1) is 6.56. The molecule has 1 atom stereocenters. The fourth-order valence-electron chi connectivity index (χ4n) is 0.734. The summed E-state index contributed by atoms with van der Waals surface area (Å²) in [6.45, 7) is 1.59. The molecule has 1 unspecified atom stereocenters. The van der Waals surface area contributed by atoms with Crippen LogP contribution in [0.2, 0.25) is 5.15 Å². The molecule has 0 aliphatic heterocycles. The highest BCUT2D eigenvalue weighted by Gasteiger charge is 2.15. The Morgan fingerprint density at radius 2 is 2.50 bits per heavy atom. The second-order valence-corrected chi connectivity index (χ2v) is 3.69. The number of aromatic nitrogens is 1. The highest BCUT2D eigenvalue weighted by molar-refractivity contribution is 7.10. The van der Waals surface area contributed by atoms with Crippen LogP contribution in [0.4, 0.5) is 5.00 Å². The van der Waals surface area contributed by atoms with E-state index in [4.69, 9.17) is 22.6 Å². The van der Waals surface area contributed by atoms with Gasteiger partial charge < -0.3 is 11.1 Å². The van der Waals surface area contributed by atoms with Gasteiger partial charge >= 0.3 is 0 Å². The van der Waals surface area contributed by atoms with E-state index in [0.717, 1.165) is 11.5 Å². The van der Waals surface area contributed by atoms with Crippen molar-refractivity contribution in [3.8, 4) is 6.07 Å². The van der Waals surface area contributed by atoms with Crippen molar-refractivity contribution in [2.75, 3.05) is 5.32 Å². The van der Waals surface area contributed by atoms with E-state index in [1.165, 1.54) is 0 Å². The Kier molecular flexibility index (Phi) is 3.28. The van der Waals surface area contributed by atoms with Crippen LogP contribution in [0.3, 0.4) is 0 Å². The normalized spacial score (nSPS) is 11.8. The number of carbonyl (C=O) groups is 1. The van der Waals surface area contributed by atoms with Gasteiger partial charge in [-0.1, -0.05) is 11.6 Å². The number of nitrogens with two attached hydrogens (primary N) is 1. The second kappa shape index (κ2) is 4.26. The summed E-state index contributed by atoms with van der Waals surface area (Å²) >= 11 is 6.65. The molecule has 0 bridgehead atoms. The first-order valence-electron chi connectivity index (χ1n) is 3.67. The number of hydrogen-bond donors (Lipinski definition) is 2. The van der Waals surface area contributed by atoms with Crippen molar-refractivity contribution in [1.29, 1.82) is 5.26 Å². The number of nitriles is 1. The van der Waals surface area contributed by atoms with Gasteiger partial charge in [0.15, 0.2) is 5.15 Å². The highest BCUT2D eigenvalue weighted by Crippen LogP contribution is 2.27. The number of hydrogen-bond acceptors (Lipinski definition) is 5. The molecule has 0 aromatic carbocycles. The predicted molar refractivity (Wildman–Crippen MR) is 54.1 cm³/mol. The van der Waals surface area contributed by atoms with Gasteiger partial charge in [-0.2, -0.15) is 9.64 Å². The van der Waals surface area contributed by atoms with E-state index in [2.05, 4.69) is 9.69 Å². The topological polar surface area (TPSA) is 91.8 Å². The molecule has 1 aromatic heterocycles. The third-order valence-corrected chi connectivity index (χ3v) is 2.69. The minimum atomic E-state index is -0.557. The number of halogens is 1. The first kappa shape index (κ1) is 10.8. The molecule has 0 spiro atoms. The molecular formula is C7H7ClN4OS. The van der Waals surface area contributed by atoms with Crippen LogP contribution >= 0.6 is 23.1 Å². The first-order valence-corrected chi connectivity index (χ1v) is 4.82. The summed E-state index contributed by atoms with van der Waals surface area (Å²) in [6.07, 6.45) is 0. The number of anilines is 1. The van der Waals surface area contributed by atoms with Crippen molar-refractivity contribution < 1.29 is 4.79 Å². The van der Waals surface area contributed by atoms with Crippen molar-refractivity contribution in [2.45, 2.75) is 13.0 Å². The molecule has 5 nitrogen and oxygen atoms in total. The Bertz CT molecular complexity index is 397. The number of rotatable bonds is 3. The smallest absolute Gasteiger partial charge is 0.239 e. The van der Waals surface area contributed by atoms with E-state index in [1.807, 2.05) is 6.07 Å². The molecule has 0 radical (unpaired) electrons. The zero-order valence-electron chi connectivity index (χ0n) is 7.24. The lowest BCUT2D eigenvalue weighted by molar-refractivity contribution is -0.118. The van der Waals surface area contributed by atoms with Gasteiger partial charge in [0.25, 0.3) is 0 Å². The van der Waals surface area contributed by atoms with Gasteiger partial charge in [-0.05, 0) is 18.5 Å². The van der Waals surface area contributed by atoms with Crippen molar-refractivity contribution >= 4 is 34.0 Å². The molecule has 1 rings (SSSR count). The van der Waals surface area contributed by atoms with Gasteiger partial charge in [0.1, 0.15) is 22.7 Å². The fourth-order valence-corrected chi connectivity index (χ4v) is 1.76. The number of nitrogens with zero attached hydrogens (tertiary/aromatic N) is 2. The predicted octanol–water partition coefficient (Wildman–Crippen LogP) is 0.954.